The van der Waals surface area contributed by atoms with Gasteiger partial charge in [0.05, 0.1) is 32.3 Å². The van der Waals surface area contributed by atoms with Crippen LogP contribution < -0.4 is 99.3 Å². The number of fused-ring (bicyclic) bond motifs is 12. The molecular formula is C112H111B3N6Si4. The highest BCUT2D eigenvalue weighted by atomic mass is 28.3. The summed E-state index contributed by atoms with van der Waals surface area (Å²) in [4.78, 5) is 16.0. The maximum absolute atomic E-state index is 2.72. The van der Waals surface area contributed by atoms with E-state index in [-0.39, 0.29) is 20.1 Å². The molecule has 0 fully saturated rings. The molecule has 0 spiro atoms. The van der Waals surface area contributed by atoms with Gasteiger partial charge in [-0.05, 0) is 290 Å². The fourth-order valence-corrected chi connectivity index (χ4v) is 26.7. The van der Waals surface area contributed by atoms with Crippen LogP contribution in [0.1, 0.15) is 68.1 Å². The molecule has 0 amide bonds. The van der Waals surface area contributed by atoms with E-state index in [0.29, 0.717) is 0 Å². The number of hydrogen-bond donors (Lipinski definition) is 0. The Hall–Kier alpha value is -11.8. The molecule has 125 heavy (non-hydrogen) atoms. The lowest BCUT2D eigenvalue weighted by atomic mass is 9.29. The van der Waals surface area contributed by atoms with Gasteiger partial charge in [-0.3, -0.25) is 0 Å². The van der Waals surface area contributed by atoms with Gasteiger partial charge in [0.2, 0.25) is 0 Å². The topological polar surface area (TPSA) is 19.4 Å². The van der Waals surface area contributed by atoms with E-state index in [2.05, 4.69) is 461 Å². The van der Waals surface area contributed by atoms with Crippen molar-refractivity contribution in [3.8, 4) is 0 Å². The molecule has 0 N–H and O–H groups in total. The van der Waals surface area contributed by atoms with E-state index in [1.165, 1.54) is 211 Å². The molecular weight excluding hydrogens is 1570 g/mol. The Morgan fingerprint density at radius 2 is 0.408 bits per heavy atom. The maximum atomic E-state index is 2.72. The Kier molecular flexibility index (Phi) is 18.5. The number of nitrogens with zero attached hydrogens (tertiary/aromatic N) is 6. The van der Waals surface area contributed by atoms with Gasteiger partial charge in [-0.15, -0.1) is 0 Å². The summed E-state index contributed by atoms with van der Waals surface area (Å²) < 4.78 is 0. The van der Waals surface area contributed by atoms with Crippen LogP contribution in [0.15, 0.2) is 291 Å². The van der Waals surface area contributed by atoms with Crippen molar-refractivity contribution in [3.05, 3.63) is 352 Å². The molecule has 0 saturated carbocycles. The van der Waals surface area contributed by atoms with Gasteiger partial charge in [-0.1, -0.05) is 273 Å². The lowest BCUT2D eigenvalue weighted by molar-refractivity contribution is 0.705. The predicted octanol–water partition coefficient (Wildman–Crippen LogP) is 21.9. The van der Waals surface area contributed by atoms with E-state index in [0.717, 1.165) is 22.7 Å². The summed E-state index contributed by atoms with van der Waals surface area (Å²) in [6.45, 7) is 50.2. The molecule has 0 aromatic heterocycles. The highest BCUT2D eigenvalue weighted by Gasteiger charge is 2.55. The van der Waals surface area contributed by atoms with Crippen LogP contribution in [0.5, 0.6) is 0 Å². The van der Waals surface area contributed by atoms with Crippen LogP contribution in [-0.2, 0) is 5.41 Å². The molecule has 0 bridgehead atoms. The molecule has 0 aliphatic carbocycles. The number of benzene rings is 15. The van der Waals surface area contributed by atoms with Gasteiger partial charge in [0.15, 0.2) is 0 Å². The molecule has 15 aromatic rings. The average molecular weight is 1690 g/mol. The molecule has 0 atom stereocenters. The second kappa shape index (κ2) is 28.9. The molecule has 21 rings (SSSR count). The molecule has 6 aliphatic heterocycles. The van der Waals surface area contributed by atoms with Crippen LogP contribution in [0.4, 0.5) is 102 Å². The second-order valence-electron chi connectivity index (χ2n) is 41.3. The van der Waals surface area contributed by atoms with E-state index < -0.39 is 37.7 Å². The number of aryl methyl sites for hydroxylation is 8. The Morgan fingerprint density at radius 1 is 0.192 bits per heavy atom. The van der Waals surface area contributed by atoms with Crippen molar-refractivity contribution < 1.29 is 0 Å². The zero-order chi connectivity index (χ0) is 86.9. The third-order valence-electron chi connectivity index (χ3n) is 28.4. The summed E-state index contributed by atoms with van der Waals surface area (Å²) in [5.74, 6) is 0. The first-order chi connectivity index (χ1) is 59.7. The smallest absolute Gasteiger partial charge is 0.252 e. The molecule has 13 heteroatoms. The first kappa shape index (κ1) is 80.3. The van der Waals surface area contributed by atoms with E-state index in [1.54, 1.807) is 0 Å². The molecule has 6 heterocycles. The van der Waals surface area contributed by atoms with Gasteiger partial charge in [0.25, 0.3) is 20.1 Å². The average Bonchev–Trinajstić information content (AvgIpc) is 0.675. The van der Waals surface area contributed by atoms with E-state index in [9.17, 15) is 0 Å². The second-order valence-corrected chi connectivity index (χ2v) is 61.7. The van der Waals surface area contributed by atoms with Crippen molar-refractivity contribution in [1.82, 2.24) is 0 Å². The monoisotopic (exact) mass is 1680 g/mol. The third-order valence-corrected chi connectivity index (χ3v) is 36.6. The lowest BCUT2D eigenvalue weighted by Gasteiger charge is -2.50. The van der Waals surface area contributed by atoms with Crippen molar-refractivity contribution in [2.45, 2.75) is 146 Å². The number of hydrogen-bond acceptors (Lipinski definition) is 6. The Labute approximate surface area is 747 Å². The predicted molar refractivity (Wildman–Crippen MR) is 557 cm³/mol. The normalized spacial score (nSPS) is 14.1. The minimum absolute atomic E-state index is 0.256. The summed E-state index contributed by atoms with van der Waals surface area (Å²) in [6.07, 6.45) is 0. The van der Waals surface area contributed by atoms with Gasteiger partial charge >= 0.3 is 0 Å². The zero-order valence-corrected chi connectivity index (χ0v) is 80.6. The minimum atomic E-state index is -2.06. The van der Waals surface area contributed by atoms with Gasteiger partial charge < -0.3 is 29.4 Å². The molecule has 6 nitrogen and oxygen atoms in total. The van der Waals surface area contributed by atoms with E-state index >= 15 is 0 Å². The standard InChI is InChI=1S/C112H111B3N6Si4/c1-70-31-40-78(41-32-70)116-94-58-39-74(5)61-91(94)113-106-88(25-22-28-97(106)119(79-42-33-71(2)34-43-79)103-65-75(6)62-100(116)109(103)113)112(9,89-26-23-29-98-107(89)114-92-68-86(124(16,17)18)56-59-95(92)117(82-48-52-84(53-49-82)122(10,11)12)101-63-76(7)66-104(110(101)114)120(98)80-44-35-72(3)36-45-80)90-27-24-30-99-108(90)115-93-69-87(125(19,20)21)57-60-96(93)118(83-50-54-85(55-51-83)123(13,14)15)102-64-77(8)67-105(111(102)115)121(99)81-46-37-73(4)38-47-81/h22-69H,1-21H3. The molecule has 0 unspecified atom stereocenters. The van der Waals surface area contributed by atoms with Gasteiger partial charge in [0.1, 0.15) is 0 Å². The third kappa shape index (κ3) is 12.7. The molecule has 0 radical (unpaired) electrons. The van der Waals surface area contributed by atoms with Gasteiger partial charge in [-0.25, -0.2) is 0 Å². The minimum Gasteiger partial charge on any atom is -0.311 e. The van der Waals surface area contributed by atoms with Crippen LogP contribution in [0, 0.1) is 55.4 Å². The quantitative estimate of drug-likeness (QED) is 0.0840. The van der Waals surface area contributed by atoms with Gasteiger partial charge in [0, 0.05) is 108 Å². The summed E-state index contributed by atoms with van der Waals surface area (Å²) in [6, 6.07) is 118. The lowest BCUT2D eigenvalue weighted by Crippen LogP contribution is -2.66. The van der Waals surface area contributed by atoms with Gasteiger partial charge in [-0.2, -0.15) is 0 Å². The zero-order valence-electron chi connectivity index (χ0n) is 76.6. The van der Waals surface area contributed by atoms with Crippen molar-refractivity contribution in [2.24, 2.45) is 0 Å². The van der Waals surface area contributed by atoms with Crippen LogP contribution >= 0.6 is 0 Å². The van der Waals surface area contributed by atoms with Crippen molar-refractivity contribution in [3.63, 3.8) is 0 Å². The summed E-state index contributed by atoms with van der Waals surface area (Å²) in [5.41, 5.74) is 45.8. The van der Waals surface area contributed by atoms with Crippen molar-refractivity contribution >= 4 is 225 Å². The first-order valence-electron chi connectivity index (χ1n) is 45.2. The van der Waals surface area contributed by atoms with Crippen molar-refractivity contribution in [1.29, 1.82) is 0 Å². The highest BCUT2D eigenvalue weighted by molar-refractivity contribution is 7.03. The molecule has 0 saturated heterocycles. The maximum Gasteiger partial charge on any atom is 0.252 e. The molecule has 6 aliphatic rings. The van der Waals surface area contributed by atoms with Crippen LogP contribution in [0.3, 0.4) is 0 Å². The van der Waals surface area contributed by atoms with Crippen molar-refractivity contribution in [2.75, 3.05) is 29.4 Å². The number of rotatable bonds is 13. The first-order valence-corrected chi connectivity index (χ1v) is 59.2. The SMILES string of the molecule is Cc1ccc(N2c3ccc(C)cc3B3c4c2cc(C)cc4N(c2ccc(C)cc2)c2cccc(C(C)(c4cccc5c4B4c6cc([Si](C)(C)C)ccc6N(c6ccc([Si](C)(C)C)cc6)c6cc(C)cc(c64)N5c4ccc(C)cc4)c4cccc5c4B4c6cc([Si](C)(C)C)ccc6N(c6ccc([Si](C)(C)C)cc6)c6cc(C)cc(c64)N5c4ccc(C)cc4)c23)cc1. The Bertz CT molecular complexity index is 6680. The summed E-state index contributed by atoms with van der Waals surface area (Å²) in [5, 5.41) is 5.80. The number of anilines is 18. The summed E-state index contributed by atoms with van der Waals surface area (Å²) >= 11 is 0. The van der Waals surface area contributed by atoms with Crippen LogP contribution in [0.25, 0.3) is 0 Å². The van der Waals surface area contributed by atoms with Crippen LogP contribution in [0.2, 0.25) is 78.6 Å². The van der Waals surface area contributed by atoms with E-state index in [4.69, 9.17) is 0 Å². The highest BCUT2D eigenvalue weighted by Crippen LogP contribution is 2.54. The largest absolute Gasteiger partial charge is 0.311 e. The Morgan fingerprint density at radius 3 is 0.664 bits per heavy atom. The fraction of sp³-hybridized carbons (Fsp3) is 0.196. The molecule has 614 valence electrons. The molecule has 15 aromatic carbocycles. The van der Waals surface area contributed by atoms with E-state index in [1.807, 2.05) is 0 Å². The van der Waals surface area contributed by atoms with Crippen LogP contribution in [-0.4, -0.2) is 52.4 Å². The summed E-state index contributed by atoms with van der Waals surface area (Å²) in [7, 11) is -7.53. The Balaban J connectivity index is 0.955. The fourth-order valence-electron chi connectivity index (χ4n) is 22.0.